The second-order valence-corrected chi connectivity index (χ2v) is 8.55. The van der Waals surface area contributed by atoms with Gasteiger partial charge in [0, 0.05) is 10.4 Å². The number of methoxy groups -OCH3 is 1. The topological polar surface area (TPSA) is 68.5 Å². The van der Waals surface area contributed by atoms with Crippen molar-refractivity contribution in [3.63, 3.8) is 0 Å². The van der Waals surface area contributed by atoms with Gasteiger partial charge < -0.3 is 14.5 Å². The molecule has 6 heteroatoms. The van der Waals surface area contributed by atoms with E-state index in [1.807, 2.05) is 30.3 Å². The molecule has 1 amide bonds. The summed E-state index contributed by atoms with van der Waals surface area (Å²) in [4.78, 5) is 26.6. The minimum Gasteiger partial charge on any atom is -0.465 e. The third kappa shape index (κ3) is 3.72. The standard InChI is InChI=1S/C23H23NO4S/c1-13-9-10-16-19(11-13)29-22(20(16)23(26)27-3)24-21(25)17-12-18(28-14(17)2)15-7-5-4-6-8-15/h4-8,12-13H,9-11H2,1-3H3,(H,24,25). The van der Waals surface area contributed by atoms with Gasteiger partial charge in [0.2, 0.25) is 0 Å². The molecule has 4 rings (SSSR count). The summed E-state index contributed by atoms with van der Waals surface area (Å²) in [7, 11) is 1.37. The number of carbonyl (C=O) groups excluding carboxylic acids is 2. The summed E-state index contributed by atoms with van der Waals surface area (Å²) in [5.74, 6) is 1.06. The Labute approximate surface area is 173 Å². The fourth-order valence-corrected chi connectivity index (χ4v) is 5.17. The average Bonchev–Trinajstić information content (AvgIpc) is 3.27. The highest BCUT2D eigenvalue weighted by Crippen LogP contribution is 2.40. The number of hydrogen-bond acceptors (Lipinski definition) is 5. The Hall–Kier alpha value is -2.86. The first-order chi connectivity index (χ1) is 14.0. The predicted molar refractivity (Wildman–Crippen MR) is 114 cm³/mol. The fraction of sp³-hybridized carbons (Fsp3) is 0.304. The molecular weight excluding hydrogens is 386 g/mol. The van der Waals surface area contributed by atoms with E-state index in [2.05, 4.69) is 12.2 Å². The highest BCUT2D eigenvalue weighted by molar-refractivity contribution is 7.17. The van der Waals surface area contributed by atoms with Crippen LogP contribution in [0.15, 0.2) is 40.8 Å². The molecule has 1 atom stereocenters. The number of ether oxygens (including phenoxy) is 1. The van der Waals surface area contributed by atoms with Crippen LogP contribution in [0, 0.1) is 12.8 Å². The van der Waals surface area contributed by atoms with Gasteiger partial charge in [0.05, 0.1) is 18.2 Å². The van der Waals surface area contributed by atoms with Crippen LogP contribution in [-0.2, 0) is 17.6 Å². The lowest BCUT2D eigenvalue weighted by Gasteiger charge is -2.18. The minimum atomic E-state index is -0.402. The Morgan fingerprint density at radius 3 is 2.72 bits per heavy atom. The van der Waals surface area contributed by atoms with Crippen molar-refractivity contribution < 1.29 is 18.7 Å². The van der Waals surface area contributed by atoms with Crippen LogP contribution in [0.3, 0.4) is 0 Å². The van der Waals surface area contributed by atoms with E-state index in [0.717, 1.165) is 35.3 Å². The molecule has 1 aliphatic carbocycles. The van der Waals surface area contributed by atoms with Crippen LogP contribution < -0.4 is 5.32 Å². The van der Waals surface area contributed by atoms with E-state index < -0.39 is 5.97 Å². The Balaban J connectivity index is 1.65. The molecule has 2 aromatic heterocycles. The molecule has 0 fully saturated rings. The van der Waals surface area contributed by atoms with E-state index in [4.69, 9.17) is 9.15 Å². The summed E-state index contributed by atoms with van der Waals surface area (Å²) in [5.41, 5.74) is 2.88. The maximum absolute atomic E-state index is 13.0. The third-order valence-corrected chi connectivity index (χ3v) is 6.52. The van der Waals surface area contributed by atoms with Gasteiger partial charge >= 0.3 is 5.97 Å². The lowest BCUT2D eigenvalue weighted by molar-refractivity contribution is 0.0601. The first kappa shape index (κ1) is 19.5. The molecule has 1 aliphatic rings. The molecule has 0 saturated heterocycles. The molecule has 0 bridgehead atoms. The zero-order valence-electron chi connectivity index (χ0n) is 16.7. The largest absolute Gasteiger partial charge is 0.465 e. The number of furan rings is 1. The van der Waals surface area contributed by atoms with Crippen LogP contribution in [-0.4, -0.2) is 19.0 Å². The zero-order valence-corrected chi connectivity index (χ0v) is 17.5. The van der Waals surface area contributed by atoms with Crippen LogP contribution in [0.5, 0.6) is 0 Å². The van der Waals surface area contributed by atoms with Gasteiger partial charge in [0.1, 0.15) is 16.5 Å². The second-order valence-electron chi connectivity index (χ2n) is 7.45. The molecule has 0 spiro atoms. The number of fused-ring (bicyclic) bond motifs is 1. The number of nitrogens with one attached hydrogen (secondary N) is 1. The fourth-order valence-electron chi connectivity index (χ4n) is 3.78. The molecule has 2 heterocycles. The van der Waals surface area contributed by atoms with Gasteiger partial charge in [-0.2, -0.15) is 0 Å². The first-order valence-electron chi connectivity index (χ1n) is 9.68. The number of anilines is 1. The number of carbonyl (C=O) groups is 2. The van der Waals surface area contributed by atoms with Gasteiger partial charge in [0.15, 0.2) is 0 Å². The van der Waals surface area contributed by atoms with Gasteiger partial charge in [0.25, 0.3) is 5.91 Å². The van der Waals surface area contributed by atoms with Crippen molar-refractivity contribution in [2.24, 2.45) is 5.92 Å². The Morgan fingerprint density at radius 2 is 2.00 bits per heavy atom. The average molecular weight is 410 g/mol. The molecule has 29 heavy (non-hydrogen) atoms. The highest BCUT2D eigenvalue weighted by Gasteiger charge is 2.29. The van der Waals surface area contributed by atoms with Crippen molar-refractivity contribution in [3.8, 4) is 11.3 Å². The van der Waals surface area contributed by atoms with Crippen molar-refractivity contribution in [1.29, 1.82) is 0 Å². The molecule has 5 nitrogen and oxygen atoms in total. The summed E-state index contributed by atoms with van der Waals surface area (Å²) in [5, 5.41) is 3.50. The van der Waals surface area contributed by atoms with Crippen molar-refractivity contribution in [3.05, 3.63) is 63.7 Å². The van der Waals surface area contributed by atoms with E-state index in [-0.39, 0.29) is 5.91 Å². The number of benzene rings is 1. The van der Waals surface area contributed by atoms with Gasteiger partial charge in [-0.1, -0.05) is 37.3 Å². The monoisotopic (exact) mass is 409 g/mol. The van der Waals surface area contributed by atoms with Crippen LogP contribution in [0.4, 0.5) is 5.00 Å². The summed E-state index contributed by atoms with van der Waals surface area (Å²) >= 11 is 1.48. The number of hydrogen-bond donors (Lipinski definition) is 1. The number of rotatable bonds is 4. The van der Waals surface area contributed by atoms with E-state index in [1.165, 1.54) is 18.4 Å². The van der Waals surface area contributed by atoms with Crippen LogP contribution in [0.1, 0.15) is 50.3 Å². The lowest BCUT2D eigenvalue weighted by atomic mass is 9.88. The van der Waals surface area contributed by atoms with Gasteiger partial charge in [-0.05, 0) is 43.7 Å². The minimum absolute atomic E-state index is 0.287. The van der Waals surface area contributed by atoms with Gasteiger partial charge in [-0.3, -0.25) is 4.79 Å². The Kier molecular flexibility index (Phi) is 5.28. The summed E-state index contributed by atoms with van der Waals surface area (Å²) in [6, 6.07) is 11.4. The molecule has 1 N–H and O–H groups in total. The molecular formula is C23H23NO4S. The van der Waals surface area contributed by atoms with Gasteiger partial charge in [-0.15, -0.1) is 11.3 Å². The smallest absolute Gasteiger partial charge is 0.341 e. The number of thiophene rings is 1. The normalized spacial score (nSPS) is 15.6. The Bertz CT molecular complexity index is 1060. The molecule has 3 aromatic rings. The van der Waals surface area contributed by atoms with Crippen molar-refractivity contribution >= 4 is 28.2 Å². The number of aryl methyl sites for hydroxylation is 1. The summed E-state index contributed by atoms with van der Waals surface area (Å²) in [6.07, 6.45) is 2.78. The second kappa shape index (κ2) is 7.87. The third-order valence-electron chi connectivity index (χ3n) is 5.35. The van der Waals surface area contributed by atoms with Crippen LogP contribution in [0.2, 0.25) is 0 Å². The SMILES string of the molecule is COC(=O)c1c(NC(=O)c2cc(-c3ccccc3)oc2C)sc2c1CCC(C)C2. The molecule has 0 saturated carbocycles. The summed E-state index contributed by atoms with van der Waals surface area (Å²) < 4.78 is 10.8. The van der Waals surface area contributed by atoms with Crippen LogP contribution >= 0.6 is 11.3 Å². The molecule has 0 aliphatic heterocycles. The molecule has 0 radical (unpaired) electrons. The molecule has 150 valence electrons. The first-order valence-corrected chi connectivity index (χ1v) is 10.5. The molecule has 1 aromatic carbocycles. The lowest BCUT2D eigenvalue weighted by Crippen LogP contribution is -2.16. The molecule has 1 unspecified atom stereocenters. The van der Waals surface area contributed by atoms with Crippen molar-refractivity contribution in [1.82, 2.24) is 0 Å². The van der Waals surface area contributed by atoms with Gasteiger partial charge in [-0.25, -0.2) is 4.79 Å². The Morgan fingerprint density at radius 1 is 1.24 bits per heavy atom. The number of esters is 1. The number of amides is 1. The van der Waals surface area contributed by atoms with Crippen LogP contribution in [0.25, 0.3) is 11.3 Å². The predicted octanol–water partition coefficient (Wildman–Crippen LogP) is 5.48. The van der Waals surface area contributed by atoms with E-state index >= 15 is 0 Å². The maximum atomic E-state index is 13.0. The quantitative estimate of drug-likeness (QED) is 0.579. The zero-order chi connectivity index (χ0) is 20.5. The van der Waals surface area contributed by atoms with Crippen molar-refractivity contribution in [2.75, 3.05) is 12.4 Å². The van der Waals surface area contributed by atoms with E-state index in [1.54, 1.807) is 13.0 Å². The van der Waals surface area contributed by atoms with E-state index in [9.17, 15) is 9.59 Å². The van der Waals surface area contributed by atoms with Crippen molar-refractivity contribution in [2.45, 2.75) is 33.1 Å². The summed E-state index contributed by atoms with van der Waals surface area (Å²) in [6.45, 7) is 3.97. The maximum Gasteiger partial charge on any atom is 0.341 e. The highest BCUT2D eigenvalue weighted by atomic mass is 32.1. The van der Waals surface area contributed by atoms with E-state index in [0.29, 0.717) is 33.6 Å².